The molecule has 0 atom stereocenters. The number of rotatable bonds is 5. The van der Waals surface area contributed by atoms with Crippen molar-refractivity contribution in [2.24, 2.45) is 0 Å². The summed E-state index contributed by atoms with van der Waals surface area (Å²) in [4.78, 5) is 18.0. The molecule has 0 bridgehead atoms. The van der Waals surface area contributed by atoms with Crippen molar-refractivity contribution in [3.63, 3.8) is 0 Å². The van der Waals surface area contributed by atoms with Gasteiger partial charge in [-0.1, -0.05) is 23.8 Å². The van der Waals surface area contributed by atoms with E-state index in [1.54, 1.807) is 11.8 Å². The van der Waals surface area contributed by atoms with E-state index in [4.69, 9.17) is 9.47 Å². The Bertz CT molecular complexity index is 802. The molecule has 1 amide bonds. The quantitative estimate of drug-likeness (QED) is 0.741. The molecule has 2 aliphatic rings. The summed E-state index contributed by atoms with van der Waals surface area (Å²) < 4.78 is 10.8. The van der Waals surface area contributed by atoms with Crippen LogP contribution in [0.3, 0.4) is 0 Å². The summed E-state index contributed by atoms with van der Waals surface area (Å²) in [6.07, 6.45) is 0. The molecule has 1 saturated heterocycles. The first-order chi connectivity index (χ1) is 13.2. The minimum Gasteiger partial charge on any atom is -0.454 e. The Morgan fingerprint density at radius 2 is 1.74 bits per heavy atom. The molecule has 0 radical (unpaired) electrons. The Hall–Kier alpha value is -2.18. The third-order valence-electron chi connectivity index (χ3n) is 4.95. The molecule has 0 N–H and O–H groups in total. The highest BCUT2D eigenvalue weighted by Gasteiger charge is 2.22. The highest BCUT2D eigenvalue weighted by atomic mass is 32.2. The van der Waals surface area contributed by atoms with Crippen LogP contribution in [0.5, 0.6) is 11.5 Å². The van der Waals surface area contributed by atoms with Crippen LogP contribution in [0.2, 0.25) is 0 Å². The van der Waals surface area contributed by atoms with E-state index in [0.29, 0.717) is 12.5 Å². The summed E-state index contributed by atoms with van der Waals surface area (Å²) in [6.45, 7) is 6.63. The lowest BCUT2D eigenvalue weighted by atomic mass is 10.1. The molecule has 27 heavy (non-hydrogen) atoms. The number of fused-ring (bicyclic) bond motifs is 1. The second kappa shape index (κ2) is 8.23. The van der Waals surface area contributed by atoms with Gasteiger partial charge in [-0.15, -0.1) is 11.8 Å². The topological polar surface area (TPSA) is 42.0 Å². The lowest BCUT2D eigenvalue weighted by Crippen LogP contribution is -2.48. The smallest absolute Gasteiger partial charge is 0.233 e. The summed E-state index contributed by atoms with van der Waals surface area (Å²) >= 11 is 1.62. The zero-order valence-corrected chi connectivity index (χ0v) is 16.3. The standard InChI is InChI=1S/C21H24N2O3S/c1-16-2-5-18(6-3-16)27-14-21(24)23-10-8-22(9-11-23)13-17-4-7-19-20(12-17)26-15-25-19/h2-7,12H,8-11,13-15H2,1H3. The van der Waals surface area contributed by atoms with Crippen LogP contribution in [0, 0.1) is 6.92 Å². The van der Waals surface area contributed by atoms with Crippen molar-refractivity contribution in [3.05, 3.63) is 53.6 Å². The zero-order chi connectivity index (χ0) is 18.6. The van der Waals surface area contributed by atoms with Crippen LogP contribution in [-0.2, 0) is 11.3 Å². The molecule has 0 saturated carbocycles. The van der Waals surface area contributed by atoms with E-state index in [2.05, 4.69) is 48.2 Å². The second-order valence-corrected chi connectivity index (χ2v) is 8.00. The number of piperazine rings is 1. The van der Waals surface area contributed by atoms with Gasteiger partial charge in [0.2, 0.25) is 12.7 Å². The van der Waals surface area contributed by atoms with Gasteiger partial charge < -0.3 is 14.4 Å². The van der Waals surface area contributed by atoms with Crippen molar-refractivity contribution in [1.29, 1.82) is 0 Å². The maximum atomic E-state index is 12.5. The molecule has 2 aromatic carbocycles. The molecule has 2 heterocycles. The molecule has 5 nitrogen and oxygen atoms in total. The van der Waals surface area contributed by atoms with E-state index in [9.17, 15) is 4.79 Å². The van der Waals surface area contributed by atoms with Gasteiger partial charge in [-0.2, -0.15) is 0 Å². The summed E-state index contributed by atoms with van der Waals surface area (Å²) in [5.41, 5.74) is 2.46. The molecule has 2 aliphatic heterocycles. The lowest BCUT2D eigenvalue weighted by molar-refractivity contribution is -0.130. The van der Waals surface area contributed by atoms with Gasteiger partial charge in [-0.05, 0) is 36.8 Å². The number of carbonyl (C=O) groups is 1. The van der Waals surface area contributed by atoms with Crippen molar-refractivity contribution in [2.45, 2.75) is 18.4 Å². The molecule has 6 heteroatoms. The van der Waals surface area contributed by atoms with Gasteiger partial charge in [0.25, 0.3) is 0 Å². The fourth-order valence-corrected chi connectivity index (χ4v) is 4.12. The normalized spacial score (nSPS) is 16.6. The van der Waals surface area contributed by atoms with Crippen LogP contribution in [-0.4, -0.2) is 54.4 Å². The van der Waals surface area contributed by atoms with Crippen molar-refractivity contribution in [2.75, 3.05) is 38.7 Å². The van der Waals surface area contributed by atoms with Crippen LogP contribution in [0.1, 0.15) is 11.1 Å². The first-order valence-corrected chi connectivity index (χ1v) is 10.2. The number of carbonyl (C=O) groups excluding carboxylic acids is 1. The number of amides is 1. The lowest BCUT2D eigenvalue weighted by Gasteiger charge is -2.34. The van der Waals surface area contributed by atoms with Gasteiger partial charge in [0.05, 0.1) is 5.75 Å². The molecule has 0 spiro atoms. The van der Waals surface area contributed by atoms with E-state index in [-0.39, 0.29) is 5.91 Å². The maximum absolute atomic E-state index is 12.5. The number of hydrogen-bond donors (Lipinski definition) is 0. The average Bonchev–Trinajstić information content (AvgIpc) is 3.16. The van der Waals surface area contributed by atoms with E-state index >= 15 is 0 Å². The molecule has 4 rings (SSSR count). The Morgan fingerprint density at radius 1 is 1.00 bits per heavy atom. The molecule has 1 fully saturated rings. The van der Waals surface area contributed by atoms with Gasteiger partial charge in [0, 0.05) is 37.6 Å². The Labute approximate surface area is 164 Å². The average molecular weight is 385 g/mol. The van der Waals surface area contributed by atoms with Crippen LogP contribution in [0.4, 0.5) is 0 Å². The van der Waals surface area contributed by atoms with Crippen molar-refractivity contribution in [1.82, 2.24) is 9.80 Å². The minimum atomic E-state index is 0.225. The molecule has 0 unspecified atom stereocenters. The monoisotopic (exact) mass is 384 g/mol. The fraction of sp³-hybridized carbons (Fsp3) is 0.381. The molecule has 0 aliphatic carbocycles. The number of nitrogens with zero attached hydrogens (tertiary/aromatic N) is 2. The molecule has 142 valence electrons. The summed E-state index contributed by atoms with van der Waals surface area (Å²) in [7, 11) is 0. The van der Waals surface area contributed by atoms with Crippen LogP contribution >= 0.6 is 11.8 Å². The van der Waals surface area contributed by atoms with E-state index in [1.165, 1.54) is 11.1 Å². The van der Waals surface area contributed by atoms with Gasteiger partial charge in [-0.25, -0.2) is 0 Å². The largest absolute Gasteiger partial charge is 0.454 e. The highest BCUT2D eigenvalue weighted by molar-refractivity contribution is 8.00. The van der Waals surface area contributed by atoms with E-state index in [1.807, 2.05) is 11.0 Å². The second-order valence-electron chi connectivity index (χ2n) is 6.95. The first-order valence-electron chi connectivity index (χ1n) is 9.25. The van der Waals surface area contributed by atoms with Crippen LogP contribution in [0.15, 0.2) is 47.4 Å². The Balaban J connectivity index is 1.23. The van der Waals surface area contributed by atoms with Crippen LogP contribution < -0.4 is 9.47 Å². The van der Waals surface area contributed by atoms with Gasteiger partial charge in [0.15, 0.2) is 11.5 Å². The van der Waals surface area contributed by atoms with Crippen molar-refractivity contribution < 1.29 is 14.3 Å². The third kappa shape index (κ3) is 4.57. The third-order valence-corrected chi connectivity index (χ3v) is 5.95. The van der Waals surface area contributed by atoms with Gasteiger partial charge >= 0.3 is 0 Å². The van der Waals surface area contributed by atoms with Crippen LogP contribution in [0.25, 0.3) is 0 Å². The number of benzene rings is 2. The SMILES string of the molecule is Cc1ccc(SCC(=O)N2CCN(Cc3ccc4c(c3)OCO4)CC2)cc1. The van der Waals surface area contributed by atoms with Crippen molar-refractivity contribution in [3.8, 4) is 11.5 Å². The minimum absolute atomic E-state index is 0.225. The Kier molecular flexibility index (Phi) is 5.55. The maximum Gasteiger partial charge on any atom is 0.233 e. The zero-order valence-electron chi connectivity index (χ0n) is 15.5. The summed E-state index contributed by atoms with van der Waals surface area (Å²) in [6, 6.07) is 14.4. The predicted molar refractivity (Wildman–Crippen MR) is 106 cm³/mol. The van der Waals surface area contributed by atoms with Crippen molar-refractivity contribution >= 4 is 17.7 Å². The number of thioether (sulfide) groups is 1. The number of ether oxygens (including phenoxy) is 2. The molecular formula is C21H24N2O3S. The molecular weight excluding hydrogens is 360 g/mol. The number of hydrogen-bond acceptors (Lipinski definition) is 5. The fourth-order valence-electron chi connectivity index (χ4n) is 3.32. The molecule has 2 aromatic rings. The first kappa shape index (κ1) is 18.2. The Morgan fingerprint density at radius 3 is 2.52 bits per heavy atom. The molecule has 0 aromatic heterocycles. The van der Waals surface area contributed by atoms with Gasteiger partial charge in [0.1, 0.15) is 0 Å². The van der Waals surface area contributed by atoms with E-state index < -0.39 is 0 Å². The summed E-state index contributed by atoms with van der Waals surface area (Å²) in [5, 5.41) is 0. The predicted octanol–water partition coefficient (Wildman–Crippen LogP) is 3.16. The highest BCUT2D eigenvalue weighted by Crippen LogP contribution is 2.32. The van der Waals surface area contributed by atoms with Gasteiger partial charge in [-0.3, -0.25) is 9.69 Å². The van der Waals surface area contributed by atoms with E-state index in [0.717, 1.165) is 49.1 Å². The number of aryl methyl sites for hydroxylation is 1. The summed E-state index contributed by atoms with van der Waals surface area (Å²) in [5.74, 6) is 2.38.